The minimum Gasteiger partial charge on any atom is -1.00 e. The van der Waals surface area contributed by atoms with E-state index in [4.69, 9.17) is 52.8 Å². The van der Waals surface area contributed by atoms with Gasteiger partial charge < -0.3 is 73.7 Å². The van der Waals surface area contributed by atoms with Crippen LogP contribution in [0, 0.1) is 24.2 Å². The molecule has 2 aliphatic heterocycles. The summed E-state index contributed by atoms with van der Waals surface area (Å²) in [5.41, 5.74) is 22.2. The molecule has 0 spiro atoms. The van der Waals surface area contributed by atoms with Crippen molar-refractivity contribution in [3.05, 3.63) is 59.8 Å². The number of ether oxygens (including phenoxy) is 3. The summed E-state index contributed by atoms with van der Waals surface area (Å²) in [7, 11) is 0. The second-order valence-corrected chi connectivity index (χ2v) is 19.3. The molecule has 4 aromatic heterocycles. The standard InChI is InChI=1S/C51H78N18O5.ClH/c1-6-26-72-28-30-74-31-29-73-27-17-55-49-57-50(66-22-18-64(19-23-66)47(70)43(15-11-12-16-52)68-34-41(60-62-68)45(53)36(4)7-2)59-51(58-49)67-24-20-65(21-25-67)48(71)44(33-39-32-38-13-9-10-14-40(38)56-39)69-35-42(61-63-69)46(54)37(5)8-3;/h1,9-10,13-14,32,34-37,43-46,56H,7-8,11-12,15-31,33,52-54H2,2-5H3,(H,55,57,58,59);1H/p-1/t36?,37?,43-,44-,45-,46-;/m0./s1. The molecule has 2 amide bonds. The number of aromatic nitrogens is 10. The van der Waals surface area contributed by atoms with Gasteiger partial charge in [-0.05, 0) is 55.2 Å². The number of piperazine rings is 2. The van der Waals surface area contributed by atoms with Gasteiger partial charge in [0.2, 0.25) is 29.7 Å². The molecule has 7 rings (SSSR count). The number of fused-ring (bicyclic) bond motifs is 1. The average Bonchev–Trinajstić information content (AvgIpc) is 4.23. The maximum absolute atomic E-state index is 14.7. The van der Waals surface area contributed by atoms with Crippen LogP contribution in [-0.2, 0) is 30.2 Å². The van der Waals surface area contributed by atoms with Gasteiger partial charge in [0, 0.05) is 76.5 Å². The van der Waals surface area contributed by atoms with Gasteiger partial charge in [0.1, 0.15) is 18.7 Å². The number of nitrogens with two attached hydrogens (primary N) is 3. The van der Waals surface area contributed by atoms with Crippen LogP contribution in [-0.4, -0.2) is 177 Å². The Bertz CT molecular complexity index is 2520. The number of aromatic amines is 1. The van der Waals surface area contributed by atoms with Crippen molar-refractivity contribution in [2.24, 2.45) is 29.0 Å². The first-order valence-corrected chi connectivity index (χ1v) is 26.4. The van der Waals surface area contributed by atoms with Gasteiger partial charge in [0.05, 0.1) is 68.9 Å². The van der Waals surface area contributed by atoms with Crippen LogP contribution in [0.15, 0.2) is 42.7 Å². The summed E-state index contributed by atoms with van der Waals surface area (Å²) in [6.45, 7) is 15.4. The fraction of sp³-hybridized carbons (Fsp3) is 0.627. The van der Waals surface area contributed by atoms with Crippen LogP contribution in [0.25, 0.3) is 10.9 Å². The average molecular weight is 1060 g/mol. The smallest absolute Gasteiger partial charge is 0.248 e. The summed E-state index contributed by atoms with van der Waals surface area (Å²) >= 11 is 0. The molecule has 24 heteroatoms. The number of terminal acetylenes is 1. The molecule has 0 aliphatic carbocycles. The van der Waals surface area contributed by atoms with E-state index in [0.29, 0.717) is 141 Å². The van der Waals surface area contributed by atoms with Gasteiger partial charge in [-0.2, -0.15) is 15.0 Å². The molecule has 6 heterocycles. The van der Waals surface area contributed by atoms with Crippen LogP contribution in [0.1, 0.15) is 101 Å². The van der Waals surface area contributed by atoms with E-state index in [1.54, 1.807) is 9.36 Å². The van der Waals surface area contributed by atoms with Crippen molar-refractivity contribution in [1.82, 2.24) is 59.7 Å². The van der Waals surface area contributed by atoms with Crippen LogP contribution in [0.4, 0.5) is 17.8 Å². The predicted octanol–water partition coefficient (Wildman–Crippen LogP) is -0.122. The number of amides is 2. The maximum atomic E-state index is 14.7. The molecule has 2 aliphatic rings. The van der Waals surface area contributed by atoms with Gasteiger partial charge in [-0.15, -0.1) is 16.6 Å². The number of halogens is 1. The Morgan fingerprint density at radius 2 is 1.28 bits per heavy atom. The molecule has 23 nitrogen and oxygen atoms in total. The highest BCUT2D eigenvalue weighted by Crippen LogP contribution is 2.28. The lowest BCUT2D eigenvalue weighted by Crippen LogP contribution is -3.00. The molecule has 410 valence electrons. The number of hydrogen-bond donors (Lipinski definition) is 5. The summed E-state index contributed by atoms with van der Waals surface area (Å²) in [4.78, 5) is 55.2. The zero-order valence-corrected chi connectivity index (χ0v) is 44.9. The van der Waals surface area contributed by atoms with E-state index in [1.165, 1.54) is 0 Å². The number of nitrogens with zero attached hydrogens (tertiary/aromatic N) is 13. The molecule has 2 unspecified atom stereocenters. The summed E-state index contributed by atoms with van der Waals surface area (Å²) in [5.74, 6) is 4.12. The van der Waals surface area contributed by atoms with Crippen molar-refractivity contribution in [2.45, 2.75) is 90.4 Å². The first-order valence-electron chi connectivity index (χ1n) is 26.4. The summed E-state index contributed by atoms with van der Waals surface area (Å²) in [5, 5.41) is 22.1. The van der Waals surface area contributed by atoms with Crippen LogP contribution in [0.2, 0.25) is 0 Å². The van der Waals surface area contributed by atoms with E-state index >= 15 is 0 Å². The fourth-order valence-corrected chi connectivity index (χ4v) is 9.08. The van der Waals surface area contributed by atoms with Crippen LogP contribution in [0.3, 0.4) is 0 Å². The molecule has 6 atom stereocenters. The van der Waals surface area contributed by atoms with Crippen molar-refractivity contribution >= 4 is 40.6 Å². The van der Waals surface area contributed by atoms with E-state index in [0.717, 1.165) is 42.3 Å². The molecular formula is C51H78ClN18O5-. The van der Waals surface area contributed by atoms with Gasteiger partial charge >= 0.3 is 0 Å². The highest BCUT2D eigenvalue weighted by atomic mass is 35.5. The third kappa shape index (κ3) is 15.8. The predicted molar refractivity (Wildman–Crippen MR) is 283 cm³/mol. The van der Waals surface area contributed by atoms with Crippen LogP contribution >= 0.6 is 0 Å². The zero-order chi connectivity index (χ0) is 52.4. The van der Waals surface area contributed by atoms with E-state index in [2.05, 4.69) is 86.5 Å². The van der Waals surface area contributed by atoms with E-state index < -0.39 is 12.1 Å². The van der Waals surface area contributed by atoms with Crippen molar-refractivity contribution < 1.29 is 36.2 Å². The number of carbonyl (C=O) groups excluding carboxylic acids is 2. The Balaban J connectivity index is 0.00000914. The lowest BCUT2D eigenvalue weighted by Gasteiger charge is -2.38. The van der Waals surface area contributed by atoms with Gasteiger partial charge in [0.15, 0.2) is 0 Å². The lowest BCUT2D eigenvalue weighted by molar-refractivity contribution is -0.136. The number of H-pyrrole nitrogens is 1. The monoisotopic (exact) mass is 1060 g/mol. The van der Waals surface area contributed by atoms with Gasteiger partial charge in [0.25, 0.3) is 0 Å². The number of para-hydroxylation sites is 1. The third-order valence-electron chi connectivity index (χ3n) is 14.2. The zero-order valence-electron chi connectivity index (χ0n) is 44.1. The first-order chi connectivity index (χ1) is 36.0. The number of nitrogens with one attached hydrogen (secondary N) is 2. The SMILES string of the molecule is C#CCOCCOCCOCCNc1nc(N2CCN(C(=O)[C@H](CCCCN)n3cc([C@@H](N)C(C)CC)nn3)CC2)nc(N2CCN(C(=O)[C@H](Cc3cc4ccccc4[nH]3)n3cc([C@@H](N)C(C)CC)nn3)CC2)n1.[Cl-]. The number of hydrogen-bond acceptors (Lipinski definition) is 18. The van der Waals surface area contributed by atoms with Crippen molar-refractivity contribution in [3.63, 3.8) is 0 Å². The van der Waals surface area contributed by atoms with E-state index in [-0.39, 0.29) is 54.7 Å². The Labute approximate surface area is 446 Å². The number of anilines is 3. The second kappa shape index (κ2) is 29.3. The van der Waals surface area contributed by atoms with Gasteiger partial charge in [-0.3, -0.25) is 9.59 Å². The molecule has 0 saturated carbocycles. The minimum absolute atomic E-state index is 0. The molecular weight excluding hydrogens is 980 g/mol. The third-order valence-corrected chi connectivity index (χ3v) is 14.2. The van der Waals surface area contributed by atoms with Gasteiger partial charge in [-0.25, -0.2) is 9.36 Å². The Morgan fingerprint density at radius 1 is 0.747 bits per heavy atom. The largest absolute Gasteiger partial charge is 1.00 e. The van der Waals surface area contributed by atoms with Crippen molar-refractivity contribution in [1.29, 1.82) is 0 Å². The molecule has 2 fully saturated rings. The number of unbranched alkanes of at least 4 members (excludes halogenated alkanes) is 1. The quantitative estimate of drug-likeness (QED) is 0.0308. The number of rotatable bonds is 29. The van der Waals surface area contributed by atoms with Crippen LogP contribution in [0.5, 0.6) is 0 Å². The second-order valence-electron chi connectivity index (χ2n) is 19.3. The molecule has 75 heavy (non-hydrogen) atoms. The summed E-state index contributed by atoms with van der Waals surface area (Å²) < 4.78 is 20.0. The lowest BCUT2D eigenvalue weighted by atomic mass is 9.98. The van der Waals surface area contributed by atoms with Crippen LogP contribution < -0.4 is 44.7 Å². The molecule has 2 saturated heterocycles. The molecule has 1 aromatic carbocycles. The minimum atomic E-state index is -0.658. The Morgan fingerprint density at radius 3 is 1.83 bits per heavy atom. The number of carbonyl (C=O) groups is 2. The number of benzene rings is 1. The Kier molecular flexibility index (Phi) is 22.8. The highest BCUT2D eigenvalue weighted by molar-refractivity contribution is 5.83. The molecule has 0 bridgehead atoms. The highest BCUT2D eigenvalue weighted by Gasteiger charge is 2.34. The fourth-order valence-electron chi connectivity index (χ4n) is 9.08. The van der Waals surface area contributed by atoms with Crippen molar-refractivity contribution in [3.8, 4) is 12.3 Å². The molecule has 8 N–H and O–H groups in total. The molecule has 5 aromatic rings. The first kappa shape index (κ1) is 58.3. The summed E-state index contributed by atoms with van der Waals surface area (Å²) in [6, 6.07) is 8.38. The summed E-state index contributed by atoms with van der Waals surface area (Å²) in [6.07, 6.45) is 13.2. The van der Waals surface area contributed by atoms with Crippen molar-refractivity contribution in [2.75, 3.05) is 120 Å². The molecule has 0 radical (unpaired) electrons. The normalized spacial score (nSPS) is 16.5. The maximum Gasteiger partial charge on any atom is 0.248 e. The Hall–Kier alpha value is -6.00. The van der Waals surface area contributed by atoms with E-state index in [9.17, 15) is 9.59 Å². The topological polar surface area (TPSA) is 281 Å². The van der Waals surface area contributed by atoms with E-state index in [1.807, 2.05) is 40.4 Å². The van der Waals surface area contributed by atoms with Gasteiger partial charge in [-0.1, -0.05) is 75.1 Å².